The van der Waals surface area contributed by atoms with Crippen LogP contribution in [0.15, 0.2) is 60.7 Å². The first-order chi connectivity index (χ1) is 14.2. The van der Waals surface area contributed by atoms with Crippen LogP contribution in [0.1, 0.15) is 24.4 Å². The molecule has 0 unspecified atom stereocenters. The molecule has 0 N–H and O–H groups in total. The summed E-state index contributed by atoms with van der Waals surface area (Å²) < 4.78 is 16.8. The largest absolute Gasteiger partial charge is 0.497 e. The molecular formula is C24H25NO4. The van der Waals surface area contributed by atoms with Crippen LogP contribution >= 0.6 is 0 Å². The molecule has 150 valence electrons. The van der Waals surface area contributed by atoms with E-state index in [0.717, 1.165) is 46.4 Å². The van der Waals surface area contributed by atoms with E-state index < -0.39 is 0 Å². The molecule has 0 bridgehead atoms. The fourth-order valence-electron chi connectivity index (χ4n) is 4.03. The summed E-state index contributed by atoms with van der Waals surface area (Å²) in [4.78, 5) is 14.9. The first-order valence-electron chi connectivity index (χ1n) is 9.83. The second-order valence-corrected chi connectivity index (χ2v) is 7.12. The summed E-state index contributed by atoms with van der Waals surface area (Å²) in [6, 6.07) is 19.6. The third-order valence-electron chi connectivity index (χ3n) is 5.47. The number of likely N-dealkylation sites (tertiary alicyclic amines) is 1. The highest BCUT2D eigenvalue weighted by molar-refractivity contribution is 5.88. The predicted octanol–water partition coefficient (Wildman–Crippen LogP) is 4.60. The summed E-state index contributed by atoms with van der Waals surface area (Å²) in [7, 11) is 3.29. The fraction of sp³-hybridized carbons (Fsp3) is 0.292. The number of ether oxygens (including phenoxy) is 3. The number of carbonyl (C=O) groups excluding carboxylic acids is 1. The van der Waals surface area contributed by atoms with E-state index in [0.29, 0.717) is 6.54 Å². The zero-order valence-corrected chi connectivity index (χ0v) is 16.8. The molecule has 0 aromatic heterocycles. The van der Waals surface area contributed by atoms with E-state index in [-0.39, 0.29) is 18.6 Å². The number of fused-ring (bicyclic) bond motifs is 1. The predicted molar refractivity (Wildman–Crippen MR) is 113 cm³/mol. The standard InChI is InChI=1S/C24H25NO4/c1-27-18-12-13-22(28-2)20(15-18)21-10-6-14-25(21)24(26)16-29-23-11-5-8-17-7-3-4-9-19(17)23/h3-5,7-9,11-13,15,21H,6,10,14,16H2,1-2H3/t21-/m1/s1. The molecule has 5 nitrogen and oxygen atoms in total. The van der Waals surface area contributed by atoms with Crippen molar-refractivity contribution in [1.82, 2.24) is 4.90 Å². The summed E-state index contributed by atoms with van der Waals surface area (Å²) in [5.41, 5.74) is 0.975. The number of carbonyl (C=O) groups is 1. The van der Waals surface area contributed by atoms with Gasteiger partial charge >= 0.3 is 0 Å². The summed E-state index contributed by atoms with van der Waals surface area (Å²) in [6.45, 7) is 0.722. The fourth-order valence-corrected chi connectivity index (χ4v) is 4.03. The Labute approximate surface area is 170 Å². The summed E-state index contributed by atoms with van der Waals surface area (Å²) >= 11 is 0. The number of rotatable bonds is 6. The topological polar surface area (TPSA) is 48.0 Å². The Kier molecular flexibility index (Phi) is 5.56. The van der Waals surface area contributed by atoms with Gasteiger partial charge in [0.25, 0.3) is 5.91 Å². The highest BCUT2D eigenvalue weighted by atomic mass is 16.5. The molecule has 0 spiro atoms. The summed E-state index contributed by atoms with van der Waals surface area (Å²) in [6.07, 6.45) is 1.84. The number of hydrogen-bond acceptors (Lipinski definition) is 4. The zero-order valence-electron chi connectivity index (χ0n) is 16.8. The van der Waals surface area contributed by atoms with Gasteiger partial charge < -0.3 is 19.1 Å². The smallest absolute Gasteiger partial charge is 0.261 e. The van der Waals surface area contributed by atoms with Crippen molar-refractivity contribution in [1.29, 1.82) is 0 Å². The molecule has 1 saturated heterocycles. The quantitative estimate of drug-likeness (QED) is 0.616. The van der Waals surface area contributed by atoms with Crippen LogP contribution in [0.5, 0.6) is 17.2 Å². The molecule has 0 radical (unpaired) electrons. The Hall–Kier alpha value is -3.21. The Morgan fingerprint density at radius 3 is 2.66 bits per heavy atom. The van der Waals surface area contributed by atoms with Crippen LogP contribution in [0.3, 0.4) is 0 Å². The minimum Gasteiger partial charge on any atom is -0.497 e. The lowest BCUT2D eigenvalue weighted by molar-refractivity contribution is -0.134. The van der Waals surface area contributed by atoms with E-state index in [1.165, 1.54) is 0 Å². The highest BCUT2D eigenvalue weighted by Crippen LogP contribution is 2.39. The van der Waals surface area contributed by atoms with Gasteiger partial charge in [-0.3, -0.25) is 4.79 Å². The molecule has 1 amide bonds. The van der Waals surface area contributed by atoms with Crippen molar-refractivity contribution < 1.29 is 19.0 Å². The highest BCUT2D eigenvalue weighted by Gasteiger charge is 2.32. The van der Waals surface area contributed by atoms with Gasteiger partial charge in [0.1, 0.15) is 17.2 Å². The van der Waals surface area contributed by atoms with Crippen LogP contribution in [0.4, 0.5) is 0 Å². The third-order valence-corrected chi connectivity index (χ3v) is 5.47. The van der Waals surface area contributed by atoms with Crippen molar-refractivity contribution in [2.75, 3.05) is 27.4 Å². The lowest BCUT2D eigenvalue weighted by Crippen LogP contribution is -2.34. The van der Waals surface area contributed by atoms with Crippen LogP contribution in [0, 0.1) is 0 Å². The normalized spacial score (nSPS) is 16.1. The summed E-state index contributed by atoms with van der Waals surface area (Å²) in [5.74, 6) is 2.23. The average molecular weight is 391 g/mol. The molecule has 3 aromatic rings. The van der Waals surface area contributed by atoms with Crippen molar-refractivity contribution in [3.8, 4) is 17.2 Å². The molecule has 1 aliphatic heterocycles. The maximum atomic E-state index is 13.0. The van der Waals surface area contributed by atoms with Gasteiger partial charge in [-0.15, -0.1) is 0 Å². The molecule has 0 saturated carbocycles. The van der Waals surface area contributed by atoms with Crippen molar-refractivity contribution in [2.24, 2.45) is 0 Å². The lowest BCUT2D eigenvalue weighted by Gasteiger charge is -2.26. The average Bonchev–Trinajstić information content (AvgIpc) is 3.26. The molecule has 1 heterocycles. The molecule has 1 aliphatic rings. The van der Waals surface area contributed by atoms with E-state index in [1.807, 2.05) is 65.6 Å². The first kappa shape index (κ1) is 19.1. The molecule has 29 heavy (non-hydrogen) atoms. The van der Waals surface area contributed by atoms with Crippen LogP contribution in [0.2, 0.25) is 0 Å². The Balaban J connectivity index is 1.53. The number of benzene rings is 3. The lowest BCUT2D eigenvalue weighted by atomic mass is 10.0. The second kappa shape index (κ2) is 8.43. The first-order valence-corrected chi connectivity index (χ1v) is 9.83. The monoisotopic (exact) mass is 391 g/mol. The van der Waals surface area contributed by atoms with E-state index in [1.54, 1.807) is 14.2 Å². The summed E-state index contributed by atoms with van der Waals surface area (Å²) in [5, 5.41) is 2.10. The van der Waals surface area contributed by atoms with Crippen LogP contribution in [-0.2, 0) is 4.79 Å². The van der Waals surface area contributed by atoms with Gasteiger partial charge in [-0.05, 0) is 42.5 Å². The second-order valence-electron chi connectivity index (χ2n) is 7.12. The molecule has 5 heteroatoms. The van der Waals surface area contributed by atoms with Gasteiger partial charge in [-0.25, -0.2) is 0 Å². The Bertz CT molecular complexity index is 1010. The molecule has 3 aromatic carbocycles. The molecule has 1 fully saturated rings. The van der Waals surface area contributed by atoms with Crippen molar-refractivity contribution in [3.05, 3.63) is 66.2 Å². The van der Waals surface area contributed by atoms with Crippen molar-refractivity contribution in [2.45, 2.75) is 18.9 Å². The zero-order chi connectivity index (χ0) is 20.2. The minimum atomic E-state index is -0.0383. The maximum Gasteiger partial charge on any atom is 0.261 e. The van der Waals surface area contributed by atoms with Crippen LogP contribution in [-0.4, -0.2) is 38.2 Å². The molecular weight excluding hydrogens is 366 g/mol. The number of amides is 1. The van der Waals surface area contributed by atoms with Gasteiger partial charge in [0.2, 0.25) is 0 Å². The number of methoxy groups -OCH3 is 2. The van der Waals surface area contributed by atoms with E-state index in [2.05, 4.69) is 0 Å². The molecule has 0 aliphatic carbocycles. The van der Waals surface area contributed by atoms with E-state index in [9.17, 15) is 4.79 Å². The number of hydrogen-bond donors (Lipinski definition) is 0. The molecule has 1 atom stereocenters. The minimum absolute atomic E-state index is 0.0107. The van der Waals surface area contributed by atoms with Gasteiger partial charge in [0.05, 0.1) is 20.3 Å². The Morgan fingerprint density at radius 2 is 1.83 bits per heavy atom. The van der Waals surface area contributed by atoms with Crippen molar-refractivity contribution in [3.63, 3.8) is 0 Å². The van der Waals surface area contributed by atoms with Gasteiger partial charge in [-0.2, -0.15) is 0 Å². The van der Waals surface area contributed by atoms with Gasteiger partial charge in [0, 0.05) is 17.5 Å². The van der Waals surface area contributed by atoms with Crippen LogP contribution < -0.4 is 14.2 Å². The SMILES string of the molecule is COc1ccc(OC)c([C@H]2CCCN2C(=O)COc2cccc3ccccc23)c1. The van der Waals surface area contributed by atoms with E-state index in [4.69, 9.17) is 14.2 Å². The van der Waals surface area contributed by atoms with Gasteiger partial charge in [-0.1, -0.05) is 36.4 Å². The number of nitrogens with zero attached hydrogens (tertiary/aromatic N) is 1. The Morgan fingerprint density at radius 1 is 1.00 bits per heavy atom. The van der Waals surface area contributed by atoms with Crippen LogP contribution in [0.25, 0.3) is 10.8 Å². The third kappa shape index (κ3) is 3.86. The maximum absolute atomic E-state index is 13.0. The van der Waals surface area contributed by atoms with Crippen molar-refractivity contribution >= 4 is 16.7 Å². The van der Waals surface area contributed by atoms with Gasteiger partial charge in [0.15, 0.2) is 6.61 Å². The van der Waals surface area contributed by atoms with E-state index >= 15 is 0 Å². The molecule has 4 rings (SSSR count).